The van der Waals surface area contributed by atoms with E-state index in [9.17, 15) is 13.2 Å². The summed E-state index contributed by atoms with van der Waals surface area (Å²) in [6.45, 7) is 2.26. The minimum Gasteiger partial charge on any atom is -0.494 e. The van der Waals surface area contributed by atoms with Gasteiger partial charge >= 0.3 is 6.18 Å². The van der Waals surface area contributed by atoms with E-state index in [1.165, 1.54) is 0 Å². The fraction of sp³-hybridized carbons (Fsp3) is 0.500. The average molecular weight is 326 g/mol. The zero-order valence-corrected chi connectivity index (χ0v) is 11.5. The number of hydrogen-bond acceptors (Lipinski definition) is 2. The molecule has 1 aromatic carbocycles. The van der Waals surface area contributed by atoms with E-state index in [2.05, 4.69) is 15.9 Å². The van der Waals surface area contributed by atoms with E-state index < -0.39 is 18.6 Å². The Morgan fingerprint density at radius 1 is 1.39 bits per heavy atom. The van der Waals surface area contributed by atoms with E-state index in [1.54, 1.807) is 18.2 Å². The van der Waals surface area contributed by atoms with Crippen LogP contribution in [0.5, 0.6) is 5.75 Å². The zero-order valence-electron chi connectivity index (χ0n) is 9.93. The molecule has 1 aromatic rings. The van der Waals surface area contributed by atoms with Gasteiger partial charge in [0.15, 0.2) is 0 Å². The lowest BCUT2D eigenvalue weighted by atomic mass is 10.0. The summed E-state index contributed by atoms with van der Waals surface area (Å²) in [7, 11) is 0. The van der Waals surface area contributed by atoms with Crippen molar-refractivity contribution in [1.29, 1.82) is 0 Å². The second-order valence-corrected chi connectivity index (χ2v) is 4.79. The van der Waals surface area contributed by atoms with Gasteiger partial charge in [-0.15, -0.1) is 0 Å². The maximum atomic E-state index is 12.2. The predicted octanol–water partition coefficient (Wildman–Crippen LogP) is 4.19. The first-order chi connectivity index (χ1) is 8.33. The fourth-order valence-electron chi connectivity index (χ4n) is 1.57. The lowest BCUT2D eigenvalue weighted by Crippen LogP contribution is -2.16. The van der Waals surface area contributed by atoms with Gasteiger partial charge in [0.1, 0.15) is 5.75 Å². The van der Waals surface area contributed by atoms with Crippen molar-refractivity contribution in [3.8, 4) is 5.75 Å². The monoisotopic (exact) mass is 325 g/mol. The van der Waals surface area contributed by atoms with Crippen molar-refractivity contribution < 1.29 is 17.9 Å². The zero-order chi connectivity index (χ0) is 13.8. The maximum absolute atomic E-state index is 12.2. The van der Waals surface area contributed by atoms with Crippen molar-refractivity contribution in [1.82, 2.24) is 0 Å². The van der Waals surface area contributed by atoms with Crippen LogP contribution in [-0.4, -0.2) is 12.8 Å². The number of rotatable bonds is 5. The van der Waals surface area contributed by atoms with Crippen molar-refractivity contribution in [2.75, 3.05) is 6.61 Å². The summed E-state index contributed by atoms with van der Waals surface area (Å²) in [6.07, 6.45) is -5.23. The van der Waals surface area contributed by atoms with Gasteiger partial charge in [-0.2, -0.15) is 13.2 Å². The van der Waals surface area contributed by atoms with Gasteiger partial charge in [-0.3, -0.25) is 0 Å². The van der Waals surface area contributed by atoms with Crippen molar-refractivity contribution >= 4 is 15.9 Å². The van der Waals surface area contributed by atoms with Gasteiger partial charge in [0.2, 0.25) is 0 Å². The lowest BCUT2D eigenvalue weighted by Gasteiger charge is -2.17. The van der Waals surface area contributed by atoms with Crippen LogP contribution in [0.2, 0.25) is 0 Å². The molecule has 0 aromatic heterocycles. The molecule has 0 radical (unpaired) electrons. The number of benzene rings is 1. The van der Waals surface area contributed by atoms with E-state index in [4.69, 9.17) is 10.5 Å². The van der Waals surface area contributed by atoms with Gasteiger partial charge in [-0.25, -0.2) is 0 Å². The summed E-state index contributed by atoms with van der Waals surface area (Å²) in [5.41, 5.74) is 6.39. The van der Waals surface area contributed by atoms with Crippen LogP contribution in [0.4, 0.5) is 13.2 Å². The van der Waals surface area contributed by atoms with Crippen molar-refractivity contribution in [2.45, 2.75) is 32.0 Å². The van der Waals surface area contributed by atoms with Gasteiger partial charge in [0.05, 0.1) is 6.61 Å². The van der Waals surface area contributed by atoms with Gasteiger partial charge in [-0.1, -0.05) is 15.9 Å². The molecule has 0 heterocycles. The van der Waals surface area contributed by atoms with Gasteiger partial charge in [-0.05, 0) is 31.5 Å². The molecule has 2 nitrogen and oxygen atoms in total. The van der Waals surface area contributed by atoms with Gasteiger partial charge < -0.3 is 10.5 Å². The molecule has 0 bridgehead atoms. The van der Waals surface area contributed by atoms with E-state index in [-0.39, 0.29) is 6.42 Å². The highest BCUT2D eigenvalue weighted by Crippen LogP contribution is 2.32. The Morgan fingerprint density at radius 3 is 2.61 bits per heavy atom. The van der Waals surface area contributed by atoms with Gasteiger partial charge in [0.25, 0.3) is 0 Å². The third-order valence-corrected chi connectivity index (χ3v) is 2.90. The first-order valence-corrected chi connectivity index (χ1v) is 6.37. The largest absolute Gasteiger partial charge is 0.494 e. The quantitative estimate of drug-likeness (QED) is 0.880. The van der Waals surface area contributed by atoms with E-state index in [0.29, 0.717) is 17.9 Å². The average Bonchev–Trinajstić information content (AvgIpc) is 2.27. The van der Waals surface area contributed by atoms with Crippen molar-refractivity contribution in [2.24, 2.45) is 5.73 Å². The summed E-state index contributed by atoms with van der Waals surface area (Å²) in [4.78, 5) is 0. The van der Waals surface area contributed by atoms with Crippen LogP contribution in [0, 0.1) is 0 Å². The van der Waals surface area contributed by atoms with E-state index in [0.717, 1.165) is 4.47 Å². The molecule has 6 heteroatoms. The fourth-order valence-corrected chi connectivity index (χ4v) is 1.95. The highest BCUT2D eigenvalue weighted by molar-refractivity contribution is 9.10. The predicted molar refractivity (Wildman–Crippen MR) is 67.5 cm³/mol. The third kappa shape index (κ3) is 4.86. The molecule has 2 N–H and O–H groups in total. The number of hydrogen-bond donors (Lipinski definition) is 1. The van der Waals surface area contributed by atoms with Gasteiger partial charge in [0, 0.05) is 22.5 Å². The lowest BCUT2D eigenvalue weighted by molar-refractivity contribution is -0.136. The summed E-state index contributed by atoms with van der Waals surface area (Å²) in [5.74, 6) is 0.537. The van der Waals surface area contributed by atoms with E-state index in [1.807, 2.05) is 6.92 Å². The Bertz CT molecular complexity index is 395. The number of halogens is 4. The van der Waals surface area contributed by atoms with E-state index >= 15 is 0 Å². The first-order valence-electron chi connectivity index (χ1n) is 5.58. The summed E-state index contributed by atoms with van der Waals surface area (Å²) < 4.78 is 42.6. The minimum atomic E-state index is -4.19. The second kappa shape index (κ2) is 6.43. The number of ether oxygens (including phenoxy) is 1. The minimum absolute atomic E-state index is 0.153. The first kappa shape index (κ1) is 15.3. The van der Waals surface area contributed by atoms with Crippen LogP contribution in [0.25, 0.3) is 0 Å². The molecule has 102 valence electrons. The third-order valence-electron chi connectivity index (χ3n) is 2.41. The Morgan fingerprint density at radius 2 is 2.06 bits per heavy atom. The highest BCUT2D eigenvalue weighted by atomic mass is 79.9. The molecule has 1 rings (SSSR count). The molecular formula is C12H15BrF3NO. The molecule has 0 saturated heterocycles. The molecule has 0 spiro atoms. The van der Waals surface area contributed by atoms with Crippen molar-refractivity contribution in [3.63, 3.8) is 0 Å². The highest BCUT2D eigenvalue weighted by Gasteiger charge is 2.28. The molecule has 0 fully saturated rings. The maximum Gasteiger partial charge on any atom is 0.389 e. The summed E-state index contributed by atoms with van der Waals surface area (Å²) in [6, 6.07) is 4.48. The Balaban J connectivity index is 2.82. The smallest absolute Gasteiger partial charge is 0.389 e. The number of nitrogens with two attached hydrogens (primary N) is 1. The summed E-state index contributed by atoms with van der Waals surface area (Å²) >= 11 is 3.27. The van der Waals surface area contributed by atoms with Crippen LogP contribution in [0.3, 0.4) is 0 Å². The number of alkyl halides is 3. The molecular weight excluding hydrogens is 311 g/mol. The molecule has 18 heavy (non-hydrogen) atoms. The molecule has 1 unspecified atom stereocenters. The standard InChI is InChI=1S/C12H15BrF3NO/c1-2-18-11-4-3-8(13)7-9(11)10(17)5-6-12(14,15)16/h3-4,7,10H,2,5-6,17H2,1H3. The SMILES string of the molecule is CCOc1ccc(Br)cc1C(N)CCC(F)(F)F. The molecule has 0 aliphatic carbocycles. The van der Waals surface area contributed by atoms with Crippen LogP contribution >= 0.6 is 15.9 Å². The Labute approximate surface area is 112 Å². The molecule has 0 aliphatic rings. The summed E-state index contributed by atoms with van der Waals surface area (Å²) in [5, 5.41) is 0. The van der Waals surface area contributed by atoms with Crippen LogP contribution in [0.1, 0.15) is 31.4 Å². The Hall–Kier alpha value is -0.750. The normalized spacial score (nSPS) is 13.4. The molecule has 0 saturated carbocycles. The van der Waals surface area contributed by atoms with Crippen LogP contribution in [0.15, 0.2) is 22.7 Å². The molecule has 0 aliphatic heterocycles. The van der Waals surface area contributed by atoms with Crippen LogP contribution < -0.4 is 10.5 Å². The molecule has 1 atom stereocenters. The Kier molecular flexibility index (Phi) is 5.47. The van der Waals surface area contributed by atoms with Crippen molar-refractivity contribution in [3.05, 3.63) is 28.2 Å². The topological polar surface area (TPSA) is 35.2 Å². The second-order valence-electron chi connectivity index (χ2n) is 3.88. The molecule has 0 amide bonds. The van der Waals surface area contributed by atoms with Crippen LogP contribution in [-0.2, 0) is 0 Å².